The maximum atomic E-state index is 12.4. The largest absolute Gasteiger partial charge is 0.481 e. The highest BCUT2D eigenvalue weighted by Crippen LogP contribution is 2.42. The van der Waals surface area contributed by atoms with Crippen molar-refractivity contribution in [2.45, 2.75) is 32.1 Å². The van der Waals surface area contributed by atoms with Crippen LogP contribution in [-0.4, -0.2) is 40.1 Å². The fourth-order valence-corrected chi connectivity index (χ4v) is 3.60. The lowest BCUT2D eigenvalue weighted by atomic mass is 9.91. The van der Waals surface area contributed by atoms with E-state index in [9.17, 15) is 14.7 Å². The van der Waals surface area contributed by atoms with Gasteiger partial charge in [-0.05, 0) is 53.2 Å². The van der Waals surface area contributed by atoms with Gasteiger partial charge in [-0.2, -0.15) is 0 Å². The van der Waals surface area contributed by atoms with E-state index in [0.29, 0.717) is 24.7 Å². The fourth-order valence-electron chi connectivity index (χ4n) is 3.06. The maximum absolute atomic E-state index is 12.4. The molecule has 2 fully saturated rings. The minimum Gasteiger partial charge on any atom is -0.481 e. The third kappa shape index (κ3) is 3.83. The molecule has 1 aliphatic carbocycles. The highest BCUT2D eigenvalue weighted by atomic mass is 79.9. The van der Waals surface area contributed by atoms with Crippen LogP contribution in [0.5, 0.6) is 0 Å². The molecule has 1 saturated heterocycles. The zero-order valence-corrected chi connectivity index (χ0v) is 14.5. The molecule has 2 heterocycles. The van der Waals surface area contributed by atoms with Crippen molar-refractivity contribution in [3.63, 3.8) is 0 Å². The number of carboxylic acids is 1. The van der Waals surface area contributed by atoms with Crippen LogP contribution in [0.1, 0.15) is 37.8 Å². The number of carbonyl (C=O) groups is 2. The number of hydrogen-bond acceptors (Lipinski definition) is 3. The summed E-state index contributed by atoms with van der Waals surface area (Å²) >= 11 is 3.49. The zero-order valence-electron chi connectivity index (χ0n) is 13.0. The Kier molecular flexibility index (Phi) is 4.57. The minimum absolute atomic E-state index is 0.176. The highest BCUT2D eigenvalue weighted by molar-refractivity contribution is 9.10. The van der Waals surface area contributed by atoms with Crippen molar-refractivity contribution in [1.29, 1.82) is 0 Å². The second-order valence-corrected chi connectivity index (χ2v) is 7.40. The molecule has 3 rings (SSSR count). The normalized spacial score (nSPS) is 24.3. The van der Waals surface area contributed by atoms with Crippen LogP contribution < -0.4 is 5.32 Å². The van der Waals surface area contributed by atoms with Crippen molar-refractivity contribution >= 4 is 33.7 Å². The summed E-state index contributed by atoms with van der Waals surface area (Å²) in [7, 11) is 0. The molecule has 0 bridgehead atoms. The summed E-state index contributed by atoms with van der Waals surface area (Å²) < 4.78 is 0.968. The maximum Gasteiger partial charge on any atom is 0.323 e. The van der Waals surface area contributed by atoms with E-state index in [4.69, 9.17) is 0 Å². The van der Waals surface area contributed by atoms with E-state index in [2.05, 4.69) is 26.2 Å². The Labute approximate surface area is 143 Å². The zero-order chi connectivity index (χ0) is 16.6. The van der Waals surface area contributed by atoms with Crippen molar-refractivity contribution in [2.75, 3.05) is 18.4 Å². The second kappa shape index (κ2) is 6.47. The molecule has 2 atom stereocenters. The first-order valence-corrected chi connectivity index (χ1v) is 8.68. The molecular formula is C16H20BrN3O3. The second-order valence-electron chi connectivity index (χ2n) is 6.55. The molecule has 0 aromatic carbocycles. The Morgan fingerprint density at radius 2 is 2.09 bits per heavy atom. The fraction of sp³-hybridized carbons (Fsp3) is 0.562. The predicted octanol–water partition coefficient (Wildman–Crippen LogP) is 3.30. The number of carboxylic acid groups (broad SMARTS) is 1. The van der Waals surface area contributed by atoms with Gasteiger partial charge in [0.05, 0.1) is 11.6 Å². The van der Waals surface area contributed by atoms with Crippen LogP contribution in [0.25, 0.3) is 0 Å². The molecule has 0 radical (unpaired) electrons. The van der Waals surface area contributed by atoms with E-state index in [0.717, 1.165) is 23.0 Å². The number of nitrogens with one attached hydrogen (secondary N) is 1. The molecule has 2 aliphatic rings. The van der Waals surface area contributed by atoms with E-state index in [1.165, 1.54) is 0 Å². The molecule has 124 valence electrons. The number of amides is 2. The van der Waals surface area contributed by atoms with Gasteiger partial charge in [-0.1, -0.05) is 6.92 Å². The van der Waals surface area contributed by atoms with Crippen LogP contribution in [0.2, 0.25) is 0 Å². The number of carbonyl (C=O) groups excluding carboxylic acids is 1. The van der Waals surface area contributed by atoms with Crippen LogP contribution in [-0.2, 0) is 4.79 Å². The van der Waals surface area contributed by atoms with Gasteiger partial charge in [0.1, 0.15) is 5.82 Å². The number of piperidine rings is 1. The summed E-state index contributed by atoms with van der Waals surface area (Å²) in [4.78, 5) is 29.7. The summed E-state index contributed by atoms with van der Waals surface area (Å²) in [6.07, 6.45) is 2.88. The SMILES string of the molecule is CC1CC(C(=O)O)CN(C(=O)Nc2ccc(Br)c(C3CC3)n2)C1. The molecule has 1 saturated carbocycles. The van der Waals surface area contributed by atoms with E-state index in [-0.39, 0.29) is 18.5 Å². The molecule has 2 N–H and O–H groups in total. The molecule has 23 heavy (non-hydrogen) atoms. The predicted molar refractivity (Wildman–Crippen MR) is 89.4 cm³/mol. The number of hydrogen-bond donors (Lipinski definition) is 2. The first-order chi connectivity index (χ1) is 10.9. The summed E-state index contributed by atoms with van der Waals surface area (Å²) in [6, 6.07) is 3.38. The lowest BCUT2D eigenvalue weighted by Gasteiger charge is -2.34. The first kappa shape index (κ1) is 16.2. The number of halogens is 1. The Bertz CT molecular complexity index is 633. The number of likely N-dealkylation sites (tertiary alicyclic amines) is 1. The number of nitrogens with zero attached hydrogens (tertiary/aromatic N) is 2. The van der Waals surface area contributed by atoms with E-state index in [1.54, 1.807) is 11.0 Å². The van der Waals surface area contributed by atoms with Crippen LogP contribution in [0.4, 0.5) is 10.6 Å². The molecule has 2 amide bonds. The summed E-state index contributed by atoms with van der Waals surface area (Å²) in [5.41, 5.74) is 0.984. The summed E-state index contributed by atoms with van der Waals surface area (Å²) in [5, 5.41) is 12.0. The molecule has 2 unspecified atom stereocenters. The van der Waals surface area contributed by atoms with Gasteiger partial charge in [-0.25, -0.2) is 9.78 Å². The van der Waals surface area contributed by atoms with Gasteiger partial charge in [0.15, 0.2) is 0 Å². The number of aliphatic carboxylic acids is 1. The van der Waals surface area contributed by atoms with Gasteiger partial charge >= 0.3 is 12.0 Å². The quantitative estimate of drug-likeness (QED) is 0.841. The van der Waals surface area contributed by atoms with Gasteiger partial charge in [0, 0.05) is 23.5 Å². The number of rotatable bonds is 3. The standard InChI is InChI=1S/C16H20BrN3O3/c1-9-6-11(15(21)22)8-20(7-9)16(23)19-13-5-4-12(17)14(18-13)10-2-3-10/h4-5,9-11H,2-3,6-8H2,1H3,(H,21,22)(H,18,19,23). The number of aromatic nitrogens is 1. The van der Waals surface area contributed by atoms with Crippen LogP contribution in [0.15, 0.2) is 16.6 Å². The van der Waals surface area contributed by atoms with Crippen molar-refractivity contribution in [2.24, 2.45) is 11.8 Å². The molecule has 1 aliphatic heterocycles. The van der Waals surface area contributed by atoms with Crippen molar-refractivity contribution in [3.8, 4) is 0 Å². The van der Waals surface area contributed by atoms with E-state index < -0.39 is 11.9 Å². The average molecular weight is 382 g/mol. The molecule has 0 spiro atoms. The van der Waals surface area contributed by atoms with Gasteiger partial charge < -0.3 is 10.0 Å². The number of anilines is 1. The molecule has 1 aromatic heterocycles. The smallest absolute Gasteiger partial charge is 0.323 e. The Morgan fingerprint density at radius 1 is 1.35 bits per heavy atom. The lowest BCUT2D eigenvalue weighted by molar-refractivity contribution is -0.143. The Hall–Kier alpha value is -1.63. The van der Waals surface area contributed by atoms with Crippen molar-refractivity contribution < 1.29 is 14.7 Å². The van der Waals surface area contributed by atoms with E-state index in [1.807, 2.05) is 13.0 Å². The van der Waals surface area contributed by atoms with Crippen molar-refractivity contribution in [1.82, 2.24) is 9.88 Å². The monoisotopic (exact) mass is 381 g/mol. The third-order valence-electron chi connectivity index (χ3n) is 4.37. The van der Waals surface area contributed by atoms with Gasteiger partial charge in [0.25, 0.3) is 0 Å². The Balaban J connectivity index is 1.68. The number of urea groups is 1. The van der Waals surface area contributed by atoms with Crippen LogP contribution in [0.3, 0.4) is 0 Å². The summed E-state index contributed by atoms with van der Waals surface area (Å²) in [5.74, 6) is -0.162. The molecule has 6 nitrogen and oxygen atoms in total. The van der Waals surface area contributed by atoms with Crippen LogP contribution >= 0.6 is 15.9 Å². The van der Waals surface area contributed by atoms with Gasteiger partial charge in [-0.3, -0.25) is 10.1 Å². The Morgan fingerprint density at radius 3 is 2.74 bits per heavy atom. The highest BCUT2D eigenvalue weighted by Gasteiger charge is 2.32. The number of pyridine rings is 1. The van der Waals surface area contributed by atoms with Gasteiger partial charge in [0.2, 0.25) is 0 Å². The van der Waals surface area contributed by atoms with Crippen molar-refractivity contribution in [3.05, 3.63) is 22.3 Å². The average Bonchev–Trinajstić information content (AvgIpc) is 3.33. The molecule has 1 aromatic rings. The summed E-state index contributed by atoms with van der Waals surface area (Å²) in [6.45, 7) is 2.79. The third-order valence-corrected chi connectivity index (χ3v) is 5.04. The topological polar surface area (TPSA) is 82.5 Å². The first-order valence-electron chi connectivity index (χ1n) is 7.89. The van der Waals surface area contributed by atoms with E-state index >= 15 is 0 Å². The minimum atomic E-state index is -0.841. The van der Waals surface area contributed by atoms with Gasteiger partial charge in [-0.15, -0.1) is 0 Å². The molecule has 7 heteroatoms. The molecular weight excluding hydrogens is 362 g/mol. The lowest BCUT2D eigenvalue weighted by Crippen LogP contribution is -2.47. The van der Waals surface area contributed by atoms with Crippen LogP contribution in [0, 0.1) is 11.8 Å².